The lowest BCUT2D eigenvalue weighted by molar-refractivity contribution is -0.137. The second-order valence-corrected chi connectivity index (χ2v) is 6.84. The number of amides is 2. The summed E-state index contributed by atoms with van der Waals surface area (Å²) in [5.41, 5.74) is 1.09. The Morgan fingerprint density at radius 3 is 2.58 bits per heavy atom. The molecule has 2 aromatic heterocycles. The van der Waals surface area contributed by atoms with E-state index in [0.717, 1.165) is 17.3 Å². The van der Waals surface area contributed by atoms with Gasteiger partial charge in [0.1, 0.15) is 11.8 Å². The number of rotatable bonds is 3. The van der Waals surface area contributed by atoms with Gasteiger partial charge in [-0.15, -0.1) is 0 Å². The zero-order valence-electron chi connectivity index (χ0n) is 15.5. The van der Waals surface area contributed by atoms with E-state index in [0.29, 0.717) is 16.6 Å². The van der Waals surface area contributed by atoms with E-state index in [4.69, 9.17) is 11.6 Å². The minimum absolute atomic E-state index is 0.109. The maximum Gasteiger partial charge on any atom is 0.417 e. The molecule has 7 nitrogen and oxygen atoms in total. The molecule has 4 aromatic rings. The smallest absolute Gasteiger partial charge is 0.306 e. The van der Waals surface area contributed by atoms with E-state index < -0.39 is 22.8 Å². The van der Waals surface area contributed by atoms with Crippen molar-refractivity contribution < 1.29 is 23.2 Å². The number of carbonyl (C=O) groups is 1. The molecule has 0 saturated heterocycles. The summed E-state index contributed by atoms with van der Waals surface area (Å²) in [5, 5.41) is 12.2. The number of hydrogen-bond acceptors (Lipinski definition) is 4. The minimum Gasteiger partial charge on any atom is -0.306 e. The van der Waals surface area contributed by atoms with E-state index in [1.807, 2.05) is 0 Å². The topological polar surface area (TPSA) is 83.3 Å². The van der Waals surface area contributed by atoms with Gasteiger partial charge in [-0.3, -0.25) is 14.8 Å². The first-order chi connectivity index (χ1) is 14.7. The SMILES string of the molecule is O=C(Nc1ccc(Cl)c(C(F)(F)F)c1)N(O)c1ccc(-n2cnc3cnccc32)cc1. The predicted molar refractivity (Wildman–Crippen MR) is 109 cm³/mol. The van der Waals surface area contributed by atoms with Crippen molar-refractivity contribution in [1.29, 1.82) is 0 Å². The first-order valence-corrected chi connectivity index (χ1v) is 9.16. The molecule has 0 radical (unpaired) electrons. The van der Waals surface area contributed by atoms with E-state index in [1.54, 1.807) is 41.5 Å². The fourth-order valence-corrected chi connectivity index (χ4v) is 3.16. The lowest BCUT2D eigenvalue weighted by Crippen LogP contribution is -2.31. The van der Waals surface area contributed by atoms with Crippen molar-refractivity contribution in [3.05, 3.63) is 77.8 Å². The maximum atomic E-state index is 13.0. The summed E-state index contributed by atoms with van der Waals surface area (Å²) in [6.07, 6.45) is 0.195. The highest BCUT2D eigenvalue weighted by molar-refractivity contribution is 6.31. The van der Waals surface area contributed by atoms with Crippen molar-refractivity contribution in [3.63, 3.8) is 0 Å². The first kappa shape index (κ1) is 20.6. The first-order valence-electron chi connectivity index (χ1n) is 8.78. The number of urea groups is 1. The van der Waals surface area contributed by atoms with Gasteiger partial charge in [0.2, 0.25) is 0 Å². The van der Waals surface area contributed by atoms with Gasteiger partial charge in [-0.1, -0.05) is 11.6 Å². The van der Waals surface area contributed by atoms with Crippen LogP contribution >= 0.6 is 11.6 Å². The number of hydroxylamine groups is 1. The third kappa shape index (κ3) is 4.16. The molecule has 11 heteroatoms. The normalized spacial score (nSPS) is 11.5. The van der Waals surface area contributed by atoms with Crippen LogP contribution in [0.5, 0.6) is 0 Å². The minimum atomic E-state index is -4.68. The van der Waals surface area contributed by atoms with Crippen molar-refractivity contribution in [3.8, 4) is 5.69 Å². The lowest BCUT2D eigenvalue weighted by Gasteiger charge is -2.17. The van der Waals surface area contributed by atoms with Gasteiger partial charge in [-0.25, -0.2) is 9.78 Å². The fraction of sp³-hybridized carbons (Fsp3) is 0.0500. The monoisotopic (exact) mass is 447 g/mol. The van der Waals surface area contributed by atoms with Crippen LogP contribution in [0.1, 0.15) is 5.56 Å². The molecule has 0 bridgehead atoms. The van der Waals surface area contributed by atoms with Crippen molar-refractivity contribution in [2.24, 2.45) is 0 Å². The second-order valence-electron chi connectivity index (χ2n) is 6.43. The molecular weight excluding hydrogens is 435 g/mol. The molecule has 2 N–H and O–H groups in total. The molecule has 0 fully saturated rings. The van der Waals surface area contributed by atoms with Crippen LogP contribution in [0, 0.1) is 0 Å². The third-order valence-corrected chi connectivity index (χ3v) is 4.77. The Morgan fingerprint density at radius 1 is 1.13 bits per heavy atom. The van der Waals surface area contributed by atoms with Crippen LogP contribution in [0.2, 0.25) is 5.02 Å². The molecule has 0 aliphatic carbocycles. The number of hydrogen-bond donors (Lipinski definition) is 2. The van der Waals surface area contributed by atoms with Gasteiger partial charge in [0.05, 0.1) is 28.0 Å². The number of halogens is 4. The highest BCUT2D eigenvalue weighted by Crippen LogP contribution is 2.36. The molecule has 4 rings (SSSR count). The predicted octanol–water partition coefficient (Wildman–Crippen LogP) is 5.52. The number of benzene rings is 2. The molecule has 2 aromatic carbocycles. The summed E-state index contributed by atoms with van der Waals surface area (Å²) in [6.45, 7) is 0. The third-order valence-electron chi connectivity index (χ3n) is 4.44. The van der Waals surface area contributed by atoms with Gasteiger partial charge < -0.3 is 5.32 Å². The van der Waals surface area contributed by atoms with Gasteiger partial charge >= 0.3 is 12.2 Å². The molecule has 2 heterocycles. The molecule has 0 atom stereocenters. The Bertz CT molecular complexity index is 1260. The zero-order chi connectivity index (χ0) is 22.2. The van der Waals surface area contributed by atoms with Crippen LogP contribution < -0.4 is 10.4 Å². The molecule has 31 heavy (non-hydrogen) atoms. The molecule has 0 aliphatic rings. The van der Waals surface area contributed by atoms with E-state index >= 15 is 0 Å². The van der Waals surface area contributed by atoms with Gasteiger partial charge in [0.25, 0.3) is 0 Å². The van der Waals surface area contributed by atoms with Crippen molar-refractivity contribution >= 4 is 40.0 Å². The summed E-state index contributed by atoms with van der Waals surface area (Å²) in [5.74, 6) is 0. The summed E-state index contributed by atoms with van der Waals surface area (Å²) < 4.78 is 40.7. The Kier molecular flexibility index (Phi) is 5.25. The largest absolute Gasteiger partial charge is 0.417 e. The van der Waals surface area contributed by atoms with E-state index in [1.165, 1.54) is 18.2 Å². The Balaban J connectivity index is 1.52. The Morgan fingerprint density at radius 2 is 1.87 bits per heavy atom. The molecule has 0 spiro atoms. The van der Waals surface area contributed by atoms with Crippen LogP contribution in [0.4, 0.5) is 29.3 Å². The summed E-state index contributed by atoms with van der Waals surface area (Å²) in [4.78, 5) is 20.5. The van der Waals surface area contributed by atoms with Crippen molar-refractivity contribution in [2.45, 2.75) is 6.18 Å². The molecule has 158 valence electrons. The quantitative estimate of drug-likeness (QED) is 0.320. The highest BCUT2D eigenvalue weighted by atomic mass is 35.5. The number of alkyl halides is 3. The standard InChI is InChI=1S/C20H13ClF3N5O2/c21-16-6-1-12(9-15(16)20(22,23)24)27-19(30)29(31)14-4-2-13(3-5-14)28-11-26-17-10-25-8-7-18(17)28/h1-11,31H,(H,27,30). The Labute approximate surface area is 178 Å². The molecule has 0 saturated carbocycles. The van der Waals surface area contributed by atoms with Crippen LogP contribution in [0.3, 0.4) is 0 Å². The van der Waals surface area contributed by atoms with Gasteiger partial charge in [-0.2, -0.15) is 18.2 Å². The zero-order valence-corrected chi connectivity index (χ0v) is 16.3. The van der Waals surface area contributed by atoms with Gasteiger partial charge in [-0.05, 0) is 48.5 Å². The van der Waals surface area contributed by atoms with Crippen LogP contribution in [0.15, 0.2) is 67.3 Å². The maximum absolute atomic E-state index is 13.0. The molecule has 2 amide bonds. The van der Waals surface area contributed by atoms with Crippen molar-refractivity contribution in [1.82, 2.24) is 14.5 Å². The summed E-state index contributed by atoms with van der Waals surface area (Å²) >= 11 is 5.57. The van der Waals surface area contributed by atoms with Crippen LogP contribution in [0.25, 0.3) is 16.7 Å². The van der Waals surface area contributed by atoms with E-state index in [-0.39, 0.29) is 11.4 Å². The number of carbonyl (C=O) groups excluding carboxylic acids is 1. The van der Waals surface area contributed by atoms with Crippen LogP contribution in [-0.4, -0.2) is 25.8 Å². The van der Waals surface area contributed by atoms with E-state index in [9.17, 15) is 23.2 Å². The number of anilines is 2. The number of fused-ring (bicyclic) bond motifs is 1. The number of pyridine rings is 1. The van der Waals surface area contributed by atoms with Crippen molar-refractivity contribution in [2.75, 3.05) is 10.4 Å². The second kappa shape index (κ2) is 7.89. The number of nitrogens with one attached hydrogen (secondary N) is 1. The van der Waals surface area contributed by atoms with E-state index in [2.05, 4.69) is 15.3 Å². The number of imidazole rings is 1. The Hall–Kier alpha value is -3.63. The molecular formula is C20H13ClF3N5O2. The molecule has 0 aliphatic heterocycles. The average Bonchev–Trinajstić information content (AvgIpc) is 3.18. The van der Waals surface area contributed by atoms with Gasteiger partial charge in [0, 0.05) is 17.6 Å². The van der Waals surface area contributed by atoms with Gasteiger partial charge in [0.15, 0.2) is 0 Å². The van der Waals surface area contributed by atoms with Crippen LogP contribution in [-0.2, 0) is 6.18 Å². The summed E-state index contributed by atoms with van der Waals surface area (Å²) in [6, 6.07) is 9.92. The molecule has 0 unspecified atom stereocenters. The fourth-order valence-electron chi connectivity index (χ4n) is 2.94. The highest BCUT2D eigenvalue weighted by Gasteiger charge is 2.33. The average molecular weight is 448 g/mol. The summed E-state index contributed by atoms with van der Waals surface area (Å²) in [7, 11) is 0. The number of aromatic nitrogens is 3. The number of nitrogens with zero attached hydrogens (tertiary/aromatic N) is 4. The lowest BCUT2D eigenvalue weighted by atomic mass is 10.2.